The van der Waals surface area contributed by atoms with Crippen molar-refractivity contribution in [2.45, 2.75) is 18.9 Å². The summed E-state index contributed by atoms with van der Waals surface area (Å²) in [6, 6.07) is 0. The Labute approximate surface area is 102 Å². The van der Waals surface area contributed by atoms with Gasteiger partial charge in [-0.1, -0.05) is 0 Å². The van der Waals surface area contributed by atoms with Gasteiger partial charge in [-0.25, -0.2) is 8.42 Å². The molecule has 7 heteroatoms. The fourth-order valence-corrected chi connectivity index (χ4v) is 3.69. The Kier molecular flexibility index (Phi) is 5.35. The summed E-state index contributed by atoms with van der Waals surface area (Å²) in [4.78, 5) is 11.5. The van der Waals surface area contributed by atoms with Gasteiger partial charge in [0.25, 0.3) is 0 Å². The summed E-state index contributed by atoms with van der Waals surface area (Å²) in [5, 5.41) is 2.72. The molecule has 17 heavy (non-hydrogen) atoms. The number of nitrogens with two attached hydrogens (primary N) is 1. The molecule has 0 aromatic carbocycles. The van der Waals surface area contributed by atoms with Gasteiger partial charge in [0.05, 0.1) is 24.0 Å². The minimum Gasteiger partial charge on any atom is -0.380 e. The van der Waals surface area contributed by atoms with Crippen LogP contribution in [-0.4, -0.2) is 52.1 Å². The minimum atomic E-state index is -2.87. The van der Waals surface area contributed by atoms with Crippen LogP contribution < -0.4 is 11.1 Å². The molecule has 0 radical (unpaired) electrons. The summed E-state index contributed by atoms with van der Waals surface area (Å²) in [5.41, 5.74) is 5.40. The molecule has 1 rings (SSSR count). The first kappa shape index (κ1) is 14.4. The number of rotatable bonds is 6. The van der Waals surface area contributed by atoms with Crippen LogP contribution in [0.1, 0.15) is 12.8 Å². The van der Waals surface area contributed by atoms with Crippen LogP contribution in [0.5, 0.6) is 0 Å². The smallest absolute Gasteiger partial charge is 0.222 e. The van der Waals surface area contributed by atoms with Crippen molar-refractivity contribution in [1.29, 1.82) is 0 Å². The Morgan fingerprint density at radius 3 is 2.76 bits per heavy atom. The van der Waals surface area contributed by atoms with Crippen molar-refractivity contribution in [2.24, 2.45) is 11.7 Å². The van der Waals surface area contributed by atoms with Crippen molar-refractivity contribution >= 4 is 15.7 Å². The summed E-state index contributed by atoms with van der Waals surface area (Å²) in [7, 11) is -1.36. The summed E-state index contributed by atoms with van der Waals surface area (Å²) in [6.45, 7) is 0.709. The molecule has 0 saturated carbocycles. The first-order valence-corrected chi connectivity index (χ1v) is 7.49. The van der Waals surface area contributed by atoms with E-state index in [1.54, 1.807) is 0 Å². The molecule has 0 aliphatic carbocycles. The van der Waals surface area contributed by atoms with E-state index < -0.39 is 9.84 Å². The van der Waals surface area contributed by atoms with Crippen LogP contribution in [0, 0.1) is 5.92 Å². The van der Waals surface area contributed by atoms with E-state index in [-0.39, 0.29) is 35.9 Å². The molecule has 0 aromatic heterocycles. The number of carbonyl (C=O) groups is 1. The van der Waals surface area contributed by atoms with Crippen LogP contribution in [0.25, 0.3) is 0 Å². The van der Waals surface area contributed by atoms with E-state index in [0.29, 0.717) is 19.5 Å². The maximum absolute atomic E-state index is 11.5. The van der Waals surface area contributed by atoms with Crippen molar-refractivity contribution in [1.82, 2.24) is 5.32 Å². The number of amides is 1. The fraction of sp³-hybridized carbons (Fsp3) is 0.900. The molecule has 0 bridgehead atoms. The molecule has 0 spiro atoms. The van der Waals surface area contributed by atoms with E-state index in [0.717, 1.165) is 0 Å². The second-order valence-electron chi connectivity index (χ2n) is 4.37. The van der Waals surface area contributed by atoms with E-state index in [2.05, 4.69) is 5.32 Å². The quantitative estimate of drug-likeness (QED) is 0.634. The van der Waals surface area contributed by atoms with Crippen LogP contribution in [0.15, 0.2) is 0 Å². The van der Waals surface area contributed by atoms with Gasteiger partial charge in [-0.05, 0) is 12.3 Å². The second kappa shape index (κ2) is 6.32. The third-order valence-electron chi connectivity index (χ3n) is 2.92. The summed E-state index contributed by atoms with van der Waals surface area (Å²) < 4.78 is 27.4. The number of methoxy groups -OCH3 is 1. The Balaban J connectivity index is 2.25. The molecule has 1 fully saturated rings. The zero-order valence-electron chi connectivity index (χ0n) is 10.0. The fourth-order valence-electron chi connectivity index (χ4n) is 1.83. The highest BCUT2D eigenvalue weighted by Gasteiger charge is 2.28. The van der Waals surface area contributed by atoms with Crippen molar-refractivity contribution in [2.75, 3.05) is 31.7 Å². The second-order valence-corrected chi connectivity index (χ2v) is 6.60. The molecular formula is C10H20N2O4S. The molecule has 1 aliphatic rings. The number of hydrogen-bond acceptors (Lipinski definition) is 5. The largest absolute Gasteiger partial charge is 0.380 e. The van der Waals surface area contributed by atoms with Gasteiger partial charge in [-0.15, -0.1) is 0 Å². The van der Waals surface area contributed by atoms with Crippen LogP contribution in [0.4, 0.5) is 0 Å². The van der Waals surface area contributed by atoms with Crippen molar-refractivity contribution in [3.8, 4) is 0 Å². The number of nitrogens with one attached hydrogen (secondary N) is 1. The summed E-state index contributed by atoms with van der Waals surface area (Å²) in [5.74, 6) is 0.309. The number of ether oxygens (including phenoxy) is 1. The maximum atomic E-state index is 11.5. The normalized spacial score (nSPS) is 24.5. The SMILES string of the molecule is COC(CN)CC(=O)NCC1CCS(=O)(=O)C1. The Hall–Kier alpha value is -0.660. The minimum absolute atomic E-state index is 0.0443. The van der Waals surface area contributed by atoms with Gasteiger partial charge in [0.15, 0.2) is 9.84 Å². The van der Waals surface area contributed by atoms with Crippen molar-refractivity contribution in [3.63, 3.8) is 0 Å². The average molecular weight is 264 g/mol. The Morgan fingerprint density at radius 2 is 2.29 bits per heavy atom. The van der Waals surface area contributed by atoms with Gasteiger partial charge >= 0.3 is 0 Å². The molecule has 1 amide bonds. The van der Waals surface area contributed by atoms with Gasteiger partial charge < -0.3 is 15.8 Å². The van der Waals surface area contributed by atoms with Gasteiger partial charge in [-0.3, -0.25) is 4.79 Å². The van der Waals surface area contributed by atoms with E-state index in [1.165, 1.54) is 7.11 Å². The predicted molar refractivity (Wildman–Crippen MR) is 64.2 cm³/mol. The lowest BCUT2D eigenvalue weighted by Crippen LogP contribution is -2.35. The monoisotopic (exact) mass is 264 g/mol. The molecule has 2 unspecified atom stereocenters. The molecule has 1 heterocycles. The van der Waals surface area contributed by atoms with Gasteiger partial charge in [0, 0.05) is 20.2 Å². The standard InChI is InChI=1S/C10H20N2O4S/c1-16-9(5-11)4-10(13)12-6-8-2-3-17(14,15)7-8/h8-9H,2-7,11H2,1H3,(H,12,13). The third-order valence-corrected chi connectivity index (χ3v) is 4.76. The Morgan fingerprint density at radius 1 is 1.59 bits per heavy atom. The molecule has 2 atom stereocenters. The Bertz CT molecular complexity index is 351. The lowest BCUT2D eigenvalue weighted by molar-refractivity contribution is -0.123. The lowest BCUT2D eigenvalue weighted by Gasteiger charge is -2.14. The van der Waals surface area contributed by atoms with Crippen molar-refractivity contribution in [3.05, 3.63) is 0 Å². The van der Waals surface area contributed by atoms with Crippen molar-refractivity contribution < 1.29 is 17.9 Å². The summed E-state index contributed by atoms with van der Waals surface area (Å²) in [6.07, 6.45) is 0.571. The first-order valence-electron chi connectivity index (χ1n) is 5.67. The van der Waals surface area contributed by atoms with Gasteiger partial charge in [-0.2, -0.15) is 0 Å². The first-order chi connectivity index (χ1) is 7.96. The topological polar surface area (TPSA) is 98.5 Å². The highest BCUT2D eigenvalue weighted by molar-refractivity contribution is 7.91. The number of hydrogen-bond donors (Lipinski definition) is 2. The number of sulfone groups is 1. The van der Waals surface area contributed by atoms with Crippen LogP contribution in [0.3, 0.4) is 0 Å². The third kappa shape index (κ3) is 5.01. The molecule has 3 N–H and O–H groups in total. The molecule has 1 saturated heterocycles. The molecular weight excluding hydrogens is 244 g/mol. The van der Waals surface area contributed by atoms with E-state index >= 15 is 0 Å². The molecule has 6 nitrogen and oxygen atoms in total. The van der Waals surface area contributed by atoms with E-state index in [1.807, 2.05) is 0 Å². The van der Waals surface area contributed by atoms with E-state index in [9.17, 15) is 13.2 Å². The van der Waals surface area contributed by atoms with Gasteiger partial charge in [0.1, 0.15) is 0 Å². The maximum Gasteiger partial charge on any atom is 0.222 e. The zero-order chi connectivity index (χ0) is 12.9. The van der Waals surface area contributed by atoms with E-state index in [4.69, 9.17) is 10.5 Å². The van der Waals surface area contributed by atoms with Crippen LogP contribution in [0.2, 0.25) is 0 Å². The summed E-state index contributed by atoms with van der Waals surface area (Å²) >= 11 is 0. The van der Waals surface area contributed by atoms with Gasteiger partial charge in [0.2, 0.25) is 5.91 Å². The molecule has 0 aromatic rings. The van der Waals surface area contributed by atoms with Crippen LogP contribution in [-0.2, 0) is 19.4 Å². The molecule has 1 aliphatic heterocycles. The average Bonchev–Trinajstić information content (AvgIpc) is 2.63. The highest BCUT2D eigenvalue weighted by atomic mass is 32.2. The zero-order valence-corrected chi connectivity index (χ0v) is 10.8. The number of carbonyl (C=O) groups excluding carboxylic acids is 1. The highest BCUT2D eigenvalue weighted by Crippen LogP contribution is 2.17. The molecule has 100 valence electrons. The van der Waals surface area contributed by atoms with Crippen LogP contribution >= 0.6 is 0 Å². The predicted octanol–water partition coefficient (Wildman–Crippen LogP) is -1.10. The lowest BCUT2D eigenvalue weighted by atomic mass is 10.1.